The Bertz CT molecular complexity index is 719. The maximum atomic E-state index is 11.8. The minimum atomic E-state index is -1.01. The summed E-state index contributed by atoms with van der Waals surface area (Å²) in [7, 11) is 1.53. The predicted molar refractivity (Wildman–Crippen MR) is 95.3 cm³/mol. The van der Waals surface area contributed by atoms with Crippen LogP contribution in [0.5, 0.6) is 11.5 Å². The average Bonchev–Trinajstić information content (AvgIpc) is 2.60. The van der Waals surface area contributed by atoms with E-state index in [1.165, 1.54) is 7.11 Å². The van der Waals surface area contributed by atoms with Gasteiger partial charge < -0.3 is 14.6 Å². The van der Waals surface area contributed by atoms with Crippen LogP contribution in [0.25, 0.3) is 11.6 Å². The molecule has 0 atom stereocenters. The van der Waals surface area contributed by atoms with Crippen molar-refractivity contribution in [1.82, 2.24) is 0 Å². The molecule has 1 N–H and O–H groups in total. The van der Waals surface area contributed by atoms with Crippen molar-refractivity contribution in [2.24, 2.45) is 0 Å². The van der Waals surface area contributed by atoms with E-state index in [0.717, 1.165) is 18.4 Å². The van der Waals surface area contributed by atoms with Crippen LogP contribution in [0.2, 0.25) is 0 Å². The Labute approximate surface area is 142 Å². The molecule has 4 nitrogen and oxygen atoms in total. The molecule has 0 unspecified atom stereocenters. The third-order valence-corrected chi connectivity index (χ3v) is 3.60. The van der Waals surface area contributed by atoms with E-state index in [1.54, 1.807) is 24.3 Å². The summed E-state index contributed by atoms with van der Waals surface area (Å²) in [4.78, 5) is 11.8. The second-order valence-electron chi connectivity index (χ2n) is 5.30. The average molecular weight is 326 g/mol. The number of unbranched alkanes of at least 4 members (excludes halogenated alkanes) is 1. The molecule has 0 aliphatic carbocycles. The fraction of sp³-hybridized carbons (Fsp3) is 0.250. The topological polar surface area (TPSA) is 55.8 Å². The number of carboxylic acid groups (broad SMARTS) is 1. The highest BCUT2D eigenvalue weighted by atomic mass is 16.5. The summed E-state index contributed by atoms with van der Waals surface area (Å²) in [5.41, 5.74) is 1.44. The van der Waals surface area contributed by atoms with E-state index in [-0.39, 0.29) is 5.57 Å². The largest absolute Gasteiger partial charge is 0.496 e. The number of ether oxygens (including phenoxy) is 2. The van der Waals surface area contributed by atoms with Gasteiger partial charge in [-0.25, -0.2) is 4.79 Å². The van der Waals surface area contributed by atoms with Crippen LogP contribution in [0.1, 0.15) is 30.9 Å². The van der Waals surface area contributed by atoms with Gasteiger partial charge in [-0.1, -0.05) is 49.7 Å². The Morgan fingerprint density at radius 2 is 1.75 bits per heavy atom. The smallest absolute Gasteiger partial charge is 0.336 e. The lowest BCUT2D eigenvalue weighted by molar-refractivity contribution is -0.130. The van der Waals surface area contributed by atoms with Gasteiger partial charge in [0.2, 0.25) is 0 Å². The molecule has 2 aromatic carbocycles. The SMILES string of the molecule is CCCCOc1ccccc1/C=C(\C(=O)O)c1ccccc1OC. The van der Waals surface area contributed by atoms with E-state index in [0.29, 0.717) is 23.7 Å². The Morgan fingerprint density at radius 1 is 1.08 bits per heavy atom. The number of carbonyl (C=O) groups is 1. The molecule has 0 saturated heterocycles. The zero-order valence-electron chi connectivity index (χ0n) is 14.0. The first-order valence-electron chi connectivity index (χ1n) is 7.97. The molecule has 0 fully saturated rings. The van der Waals surface area contributed by atoms with Gasteiger partial charge in [-0.05, 0) is 24.6 Å². The van der Waals surface area contributed by atoms with Crippen LogP contribution in [0.15, 0.2) is 48.5 Å². The fourth-order valence-electron chi connectivity index (χ4n) is 2.34. The van der Waals surface area contributed by atoms with E-state index in [4.69, 9.17) is 9.47 Å². The molecule has 2 rings (SSSR count). The fourth-order valence-corrected chi connectivity index (χ4v) is 2.34. The van der Waals surface area contributed by atoms with Crippen molar-refractivity contribution >= 4 is 17.6 Å². The van der Waals surface area contributed by atoms with E-state index in [2.05, 4.69) is 6.92 Å². The molecule has 0 amide bonds. The maximum absolute atomic E-state index is 11.8. The van der Waals surface area contributed by atoms with Crippen LogP contribution in [0.4, 0.5) is 0 Å². The molecule has 0 heterocycles. The van der Waals surface area contributed by atoms with Crippen molar-refractivity contribution in [2.75, 3.05) is 13.7 Å². The molecule has 4 heteroatoms. The number of benzene rings is 2. The minimum Gasteiger partial charge on any atom is -0.496 e. The van der Waals surface area contributed by atoms with Crippen LogP contribution in [-0.4, -0.2) is 24.8 Å². The molecule has 0 aromatic heterocycles. The molecule has 24 heavy (non-hydrogen) atoms. The molecule has 0 saturated carbocycles. The van der Waals surface area contributed by atoms with Gasteiger partial charge in [0.15, 0.2) is 0 Å². The second kappa shape index (κ2) is 8.77. The Morgan fingerprint density at radius 3 is 2.42 bits per heavy atom. The summed E-state index contributed by atoms with van der Waals surface area (Å²) in [6, 6.07) is 14.5. The number of aliphatic carboxylic acids is 1. The molecule has 0 radical (unpaired) electrons. The van der Waals surface area contributed by atoms with Crippen molar-refractivity contribution < 1.29 is 19.4 Å². The molecule has 2 aromatic rings. The van der Waals surface area contributed by atoms with Gasteiger partial charge >= 0.3 is 5.97 Å². The third-order valence-electron chi connectivity index (χ3n) is 3.60. The van der Waals surface area contributed by atoms with Gasteiger partial charge in [-0.3, -0.25) is 0 Å². The van der Waals surface area contributed by atoms with Gasteiger partial charge in [-0.2, -0.15) is 0 Å². The summed E-state index contributed by atoms with van der Waals surface area (Å²) in [6.07, 6.45) is 3.62. The number of methoxy groups -OCH3 is 1. The predicted octanol–water partition coefficient (Wildman–Crippen LogP) is 4.50. The Hall–Kier alpha value is -2.75. The number of para-hydroxylation sites is 2. The number of carboxylic acids is 1. The standard InChI is InChI=1S/C20H22O4/c1-3-4-13-24-18-11-7-5-9-15(18)14-17(20(21)22)16-10-6-8-12-19(16)23-2/h5-12,14H,3-4,13H2,1-2H3,(H,21,22)/b17-14-. The molecule has 0 aliphatic heterocycles. The number of hydrogen-bond acceptors (Lipinski definition) is 3. The normalized spacial score (nSPS) is 11.2. The summed E-state index contributed by atoms with van der Waals surface area (Å²) in [5, 5.41) is 9.65. The number of rotatable bonds is 8. The van der Waals surface area contributed by atoms with E-state index >= 15 is 0 Å². The number of hydrogen-bond donors (Lipinski definition) is 1. The highest BCUT2D eigenvalue weighted by Crippen LogP contribution is 2.30. The Balaban J connectivity index is 2.44. The van der Waals surface area contributed by atoms with Crippen LogP contribution in [-0.2, 0) is 4.79 Å². The first kappa shape index (κ1) is 17.6. The second-order valence-corrected chi connectivity index (χ2v) is 5.30. The molecule has 126 valence electrons. The van der Waals surface area contributed by atoms with Crippen LogP contribution in [0, 0.1) is 0 Å². The van der Waals surface area contributed by atoms with Gasteiger partial charge in [0.05, 0.1) is 19.3 Å². The highest BCUT2D eigenvalue weighted by Gasteiger charge is 2.16. The lowest BCUT2D eigenvalue weighted by Crippen LogP contribution is -2.03. The zero-order chi connectivity index (χ0) is 17.4. The van der Waals surface area contributed by atoms with E-state index in [9.17, 15) is 9.90 Å². The first-order chi connectivity index (χ1) is 11.7. The van der Waals surface area contributed by atoms with E-state index in [1.807, 2.05) is 30.3 Å². The summed E-state index contributed by atoms with van der Waals surface area (Å²) in [5.74, 6) is 0.193. The maximum Gasteiger partial charge on any atom is 0.336 e. The quantitative estimate of drug-likeness (QED) is 0.441. The highest BCUT2D eigenvalue weighted by molar-refractivity contribution is 6.21. The van der Waals surface area contributed by atoms with Gasteiger partial charge in [0.25, 0.3) is 0 Å². The summed E-state index contributed by atoms with van der Waals surface area (Å²) >= 11 is 0. The lowest BCUT2D eigenvalue weighted by Gasteiger charge is -2.11. The third kappa shape index (κ3) is 4.38. The van der Waals surface area contributed by atoms with Gasteiger partial charge in [0.1, 0.15) is 11.5 Å². The monoisotopic (exact) mass is 326 g/mol. The van der Waals surface area contributed by atoms with Crippen molar-refractivity contribution in [3.05, 3.63) is 59.7 Å². The summed E-state index contributed by atoms with van der Waals surface area (Å²) < 4.78 is 11.1. The zero-order valence-corrected chi connectivity index (χ0v) is 14.0. The van der Waals surface area contributed by atoms with Crippen LogP contribution >= 0.6 is 0 Å². The van der Waals surface area contributed by atoms with Gasteiger partial charge in [-0.15, -0.1) is 0 Å². The lowest BCUT2D eigenvalue weighted by atomic mass is 10.0. The van der Waals surface area contributed by atoms with Crippen molar-refractivity contribution in [3.63, 3.8) is 0 Å². The molecule has 0 bridgehead atoms. The van der Waals surface area contributed by atoms with Crippen LogP contribution < -0.4 is 9.47 Å². The summed E-state index contributed by atoms with van der Waals surface area (Å²) in [6.45, 7) is 2.71. The van der Waals surface area contributed by atoms with Gasteiger partial charge in [0, 0.05) is 11.1 Å². The first-order valence-corrected chi connectivity index (χ1v) is 7.97. The molecule has 0 spiro atoms. The van der Waals surface area contributed by atoms with Crippen molar-refractivity contribution in [3.8, 4) is 11.5 Å². The Kier molecular flexibility index (Phi) is 6.43. The molecule has 0 aliphatic rings. The van der Waals surface area contributed by atoms with Crippen LogP contribution in [0.3, 0.4) is 0 Å². The minimum absolute atomic E-state index is 0.166. The van der Waals surface area contributed by atoms with Crippen molar-refractivity contribution in [1.29, 1.82) is 0 Å². The van der Waals surface area contributed by atoms with E-state index < -0.39 is 5.97 Å². The molecular weight excluding hydrogens is 304 g/mol. The van der Waals surface area contributed by atoms with Crippen molar-refractivity contribution in [2.45, 2.75) is 19.8 Å². The molecular formula is C20H22O4.